The van der Waals surface area contributed by atoms with Gasteiger partial charge in [-0.15, -0.1) is 0 Å². The Morgan fingerprint density at radius 2 is 2.20 bits per heavy atom. The summed E-state index contributed by atoms with van der Waals surface area (Å²) in [7, 11) is 0. The number of rotatable bonds is 3. The Kier molecular flexibility index (Phi) is 3.25. The predicted octanol–water partition coefficient (Wildman–Crippen LogP) is 4.13. The van der Waals surface area contributed by atoms with E-state index in [1.807, 2.05) is 25.1 Å². The highest BCUT2D eigenvalue weighted by molar-refractivity contribution is 9.10. The third-order valence-corrected chi connectivity index (χ3v) is 3.68. The topological polar surface area (TPSA) is 17.1 Å². The SMILES string of the molecule is Cc1cc(Br)ccc1C(=O)CC1CCC1. The predicted molar refractivity (Wildman–Crippen MR) is 65.2 cm³/mol. The van der Waals surface area contributed by atoms with Gasteiger partial charge in [0.2, 0.25) is 0 Å². The minimum Gasteiger partial charge on any atom is -0.294 e. The van der Waals surface area contributed by atoms with Crippen LogP contribution < -0.4 is 0 Å². The van der Waals surface area contributed by atoms with Crippen LogP contribution in [-0.2, 0) is 0 Å². The van der Waals surface area contributed by atoms with Crippen molar-refractivity contribution >= 4 is 21.7 Å². The van der Waals surface area contributed by atoms with Crippen molar-refractivity contribution < 1.29 is 4.79 Å². The Morgan fingerprint density at radius 1 is 1.47 bits per heavy atom. The molecule has 0 heterocycles. The summed E-state index contributed by atoms with van der Waals surface area (Å²) in [6.45, 7) is 2.00. The van der Waals surface area contributed by atoms with Gasteiger partial charge in [-0.05, 0) is 30.5 Å². The van der Waals surface area contributed by atoms with Crippen molar-refractivity contribution in [1.29, 1.82) is 0 Å². The van der Waals surface area contributed by atoms with Gasteiger partial charge in [-0.3, -0.25) is 4.79 Å². The smallest absolute Gasteiger partial charge is 0.163 e. The average molecular weight is 267 g/mol. The molecule has 0 bridgehead atoms. The number of hydrogen-bond acceptors (Lipinski definition) is 1. The Labute approximate surface area is 99.0 Å². The van der Waals surface area contributed by atoms with Crippen LogP contribution in [0.5, 0.6) is 0 Å². The van der Waals surface area contributed by atoms with E-state index in [9.17, 15) is 4.79 Å². The molecule has 0 spiro atoms. The van der Waals surface area contributed by atoms with Crippen LogP contribution in [0.3, 0.4) is 0 Å². The fourth-order valence-corrected chi connectivity index (χ4v) is 2.48. The Bertz CT molecular complexity index is 380. The quantitative estimate of drug-likeness (QED) is 0.752. The summed E-state index contributed by atoms with van der Waals surface area (Å²) >= 11 is 3.41. The molecule has 0 aliphatic heterocycles. The van der Waals surface area contributed by atoms with E-state index >= 15 is 0 Å². The number of carbonyl (C=O) groups is 1. The Morgan fingerprint density at radius 3 is 2.73 bits per heavy atom. The van der Waals surface area contributed by atoms with Crippen LogP contribution in [0.1, 0.15) is 41.6 Å². The first-order chi connectivity index (χ1) is 7.16. The van der Waals surface area contributed by atoms with Gasteiger partial charge in [0.25, 0.3) is 0 Å². The Hall–Kier alpha value is -0.630. The minimum atomic E-state index is 0.310. The highest BCUT2D eigenvalue weighted by Gasteiger charge is 2.21. The molecular formula is C13H15BrO. The molecule has 1 aromatic rings. The van der Waals surface area contributed by atoms with Crippen molar-refractivity contribution in [1.82, 2.24) is 0 Å². The lowest BCUT2D eigenvalue weighted by Gasteiger charge is -2.24. The van der Waals surface area contributed by atoms with Gasteiger partial charge in [0, 0.05) is 16.5 Å². The van der Waals surface area contributed by atoms with Gasteiger partial charge in [-0.25, -0.2) is 0 Å². The molecule has 80 valence electrons. The lowest BCUT2D eigenvalue weighted by molar-refractivity contribution is 0.0936. The van der Waals surface area contributed by atoms with E-state index < -0.39 is 0 Å². The van der Waals surface area contributed by atoms with Crippen molar-refractivity contribution in [2.75, 3.05) is 0 Å². The van der Waals surface area contributed by atoms with Crippen molar-refractivity contribution in [3.8, 4) is 0 Å². The molecule has 2 rings (SSSR count). The molecule has 1 aliphatic carbocycles. The zero-order valence-corrected chi connectivity index (χ0v) is 10.5. The van der Waals surface area contributed by atoms with Gasteiger partial charge >= 0.3 is 0 Å². The fourth-order valence-electron chi connectivity index (χ4n) is 2.01. The lowest BCUT2D eigenvalue weighted by atomic mass is 9.80. The molecule has 0 amide bonds. The highest BCUT2D eigenvalue weighted by atomic mass is 79.9. The standard InChI is InChI=1S/C13H15BrO/c1-9-7-11(14)5-6-12(9)13(15)8-10-3-2-4-10/h5-7,10H,2-4,8H2,1H3. The molecule has 0 radical (unpaired) electrons. The number of benzene rings is 1. The second-order valence-electron chi connectivity index (χ2n) is 4.38. The molecule has 0 atom stereocenters. The summed E-state index contributed by atoms with van der Waals surface area (Å²) < 4.78 is 1.04. The monoisotopic (exact) mass is 266 g/mol. The molecule has 0 unspecified atom stereocenters. The van der Waals surface area contributed by atoms with Gasteiger partial charge < -0.3 is 0 Å². The van der Waals surface area contributed by atoms with Crippen LogP contribution >= 0.6 is 15.9 Å². The number of Topliss-reactive ketones (excluding diaryl/α,β-unsaturated/α-hetero) is 1. The van der Waals surface area contributed by atoms with Gasteiger partial charge in [-0.1, -0.05) is 41.3 Å². The summed E-state index contributed by atoms with van der Waals surface area (Å²) in [5.74, 6) is 0.963. The summed E-state index contributed by atoms with van der Waals surface area (Å²) in [6.07, 6.45) is 4.52. The minimum absolute atomic E-state index is 0.310. The zero-order valence-electron chi connectivity index (χ0n) is 8.92. The van der Waals surface area contributed by atoms with Crippen molar-refractivity contribution in [2.45, 2.75) is 32.6 Å². The summed E-state index contributed by atoms with van der Waals surface area (Å²) in [6, 6.07) is 5.88. The summed E-state index contributed by atoms with van der Waals surface area (Å²) in [4.78, 5) is 12.0. The molecule has 1 fully saturated rings. The molecule has 0 aromatic heterocycles. The Balaban J connectivity index is 2.10. The summed E-state index contributed by atoms with van der Waals surface area (Å²) in [5.41, 5.74) is 1.97. The number of hydrogen-bond donors (Lipinski definition) is 0. The maximum Gasteiger partial charge on any atom is 0.163 e. The van der Waals surface area contributed by atoms with E-state index in [2.05, 4.69) is 15.9 Å². The van der Waals surface area contributed by atoms with Crippen LogP contribution in [-0.4, -0.2) is 5.78 Å². The van der Waals surface area contributed by atoms with Gasteiger partial charge in [-0.2, -0.15) is 0 Å². The first-order valence-corrected chi connectivity index (χ1v) is 6.25. The van der Waals surface area contributed by atoms with Crippen LogP contribution in [0, 0.1) is 12.8 Å². The van der Waals surface area contributed by atoms with E-state index in [0.717, 1.165) is 22.0 Å². The number of carbonyl (C=O) groups excluding carboxylic acids is 1. The molecule has 15 heavy (non-hydrogen) atoms. The van der Waals surface area contributed by atoms with Crippen molar-refractivity contribution in [2.24, 2.45) is 5.92 Å². The van der Waals surface area contributed by atoms with E-state index in [1.54, 1.807) is 0 Å². The first-order valence-electron chi connectivity index (χ1n) is 5.46. The zero-order chi connectivity index (χ0) is 10.8. The van der Waals surface area contributed by atoms with Gasteiger partial charge in [0.1, 0.15) is 0 Å². The maximum absolute atomic E-state index is 12.0. The fraction of sp³-hybridized carbons (Fsp3) is 0.462. The number of halogens is 1. The van der Waals surface area contributed by atoms with E-state index in [4.69, 9.17) is 0 Å². The molecule has 1 nitrogen and oxygen atoms in total. The maximum atomic E-state index is 12.0. The number of aryl methyl sites for hydroxylation is 1. The lowest BCUT2D eigenvalue weighted by Crippen LogP contribution is -2.16. The molecule has 0 saturated heterocycles. The van der Waals surface area contributed by atoms with E-state index in [1.165, 1.54) is 19.3 Å². The normalized spacial score (nSPS) is 16.1. The average Bonchev–Trinajstić information content (AvgIpc) is 2.11. The van der Waals surface area contributed by atoms with Crippen LogP contribution in [0.25, 0.3) is 0 Å². The third-order valence-electron chi connectivity index (χ3n) is 3.19. The number of ketones is 1. The largest absolute Gasteiger partial charge is 0.294 e. The first kappa shape index (κ1) is 10.9. The molecule has 1 aromatic carbocycles. The second-order valence-corrected chi connectivity index (χ2v) is 5.30. The second kappa shape index (κ2) is 4.48. The summed E-state index contributed by atoms with van der Waals surface area (Å²) in [5, 5.41) is 0. The van der Waals surface area contributed by atoms with Gasteiger partial charge in [0.15, 0.2) is 5.78 Å². The highest BCUT2D eigenvalue weighted by Crippen LogP contribution is 2.31. The molecule has 2 heteroatoms. The van der Waals surface area contributed by atoms with E-state index in [-0.39, 0.29) is 0 Å². The van der Waals surface area contributed by atoms with Crippen LogP contribution in [0.15, 0.2) is 22.7 Å². The molecule has 0 N–H and O–H groups in total. The molecular weight excluding hydrogens is 252 g/mol. The third kappa shape index (κ3) is 2.49. The molecule has 1 aliphatic rings. The van der Waals surface area contributed by atoms with Crippen molar-refractivity contribution in [3.63, 3.8) is 0 Å². The van der Waals surface area contributed by atoms with E-state index in [0.29, 0.717) is 11.7 Å². The van der Waals surface area contributed by atoms with Crippen LogP contribution in [0.4, 0.5) is 0 Å². The molecule has 1 saturated carbocycles. The van der Waals surface area contributed by atoms with Crippen LogP contribution in [0.2, 0.25) is 0 Å². The van der Waals surface area contributed by atoms with Crippen molar-refractivity contribution in [3.05, 3.63) is 33.8 Å². The van der Waals surface area contributed by atoms with Gasteiger partial charge in [0.05, 0.1) is 0 Å².